The third-order valence-corrected chi connectivity index (χ3v) is 4.46. The zero-order chi connectivity index (χ0) is 21.8. The molecule has 0 N–H and O–H groups in total. The van der Waals surface area contributed by atoms with Crippen molar-refractivity contribution in [2.75, 3.05) is 6.61 Å². The van der Waals surface area contributed by atoms with Gasteiger partial charge in [0, 0.05) is 27.3 Å². The molecule has 5 nitrogen and oxygen atoms in total. The molecule has 0 radical (unpaired) electrons. The molecule has 0 atom stereocenters. The second-order valence-corrected chi connectivity index (χ2v) is 7.07. The number of benzene rings is 3. The molecule has 3 aromatic rings. The number of fused-ring (bicyclic) bond motifs is 2. The van der Waals surface area contributed by atoms with E-state index in [0.717, 1.165) is 6.42 Å². The molecule has 0 amide bonds. The molecule has 0 bridgehead atoms. The van der Waals surface area contributed by atoms with E-state index in [4.69, 9.17) is 14.2 Å². The number of ether oxygens (including phenoxy) is 3. The molecule has 0 unspecified atom stereocenters. The molecule has 5 heteroatoms. The first-order valence-corrected chi connectivity index (χ1v) is 9.70. The van der Waals surface area contributed by atoms with Gasteiger partial charge in [-0.25, -0.2) is 9.59 Å². The number of rotatable bonds is 7. The first-order chi connectivity index (χ1) is 14.3. The summed E-state index contributed by atoms with van der Waals surface area (Å²) in [6.07, 6.45) is 0.808. The van der Waals surface area contributed by atoms with Gasteiger partial charge in [-0.3, -0.25) is 0 Å². The Morgan fingerprint density at radius 3 is 1.90 bits per heavy atom. The topological polar surface area (TPSA) is 61.8 Å². The van der Waals surface area contributed by atoms with Crippen molar-refractivity contribution in [1.29, 1.82) is 0 Å². The summed E-state index contributed by atoms with van der Waals surface area (Å²) in [5.74, 6) is 0.171. The van der Waals surface area contributed by atoms with Crippen LogP contribution in [0.3, 0.4) is 0 Å². The van der Waals surface area contributed by atoms with Crippen molar-refractivity contribution in [3.63, 3.8) is 0 Å². The minimum absolute atomic E-state index is 0.275. The quantitative estimate of drug-likeness (QED) is 0.217. The highest BCUT2D eigenvalue weighted by atomic mass is 16.5. The van der Waals surface area contributed by atoms with E-state index in [9.17, 15) is 9.59 Å². The smallest absolute Gasteiger partial charge is 0.338 e. The molecule has 154 valence electrons. The molecule has 0 aliphatic rings. The molecule has 0 aliphatic heterocycles. The van der Waals surface area contributed by atoms with Gasteiger partial charge in [0.15, 0.2) is 5.75 Å². The molecule has 0 saturated heterocycles. The molecule has 0 spiro atoms. The average Bonchev–Trinajstić information content (AvgIpc) is 2.73. The first kappa shape index (κ1) is 21.1. The highest BCUT2D eigenvalue weighted by molar-refractivity contribution is 6.15. The minimum Gasteiger partial charge on any atom is -0.493 e. The molecule has 0 aromatic heterocycles. The molecule has 0 heterocycles. The minimum atomic E-state index is -0.543. The van der Waals surface area contributed by atoms with Crippen molar-refractivity contribution < 1.29 is 23.8 Å². The maximum absolute atomic E-state index is 12.4. The lowest BCUT2D eigenvalue weighted by Gasteiger charge is -2.18. The van der Waals surface area contributed by atoms with E-state index >= 15 is 0 Å². The highest BCUT2D eigenvalue weighted by Gasteiger charge is 2.23. The van der Waals surface area contributed by atoms with Crippen molar-refractivity contribution in [3.8, 4) is 17.2 Å². The van der Waals surface area contributed by atoms with Crippen LogP contribution in [0.25, 0.3) is 21.5 Å². The van der Waals surface area contributed by atoms with E-state index in [0.29, 0.717) is 45.4 Å². The Labute approximate surface area is 175 Å². The van der Waals surface area contributed by atoms with E-state index < -0.39 is 11.9 Å². The van der Waals surface area contributed by atoms with E-state index in [1.54, 1.807) is 26.0 Å². The van der Waals surface area contributed by atoms with Crippen LogP contribution < -0.4 is 14.2 Å². The van der Waals surface area contributed by atoms with Gasteiger partial charge in [0.05, 0.1) is 12.0 Å². The van der Waals surface area contributed by atoms with Crippen LogP contribution in [0.5, 0.6) is 17.2 Å². The Hall–Kier alpha value is -3.60. The zero-order valence-electron chi connectivity index (χ0n) is 17.4. The number of carbonyl (C=O) groups excluding carboxylic acids is 2. The summed E-state index contributed by atoms with van der Waals surface area (Å²) < 4.78 is 17.4. The first-order valence-electron chi connectivity index (χ1n) is 9.70. The van der Waals surface area contributed by atoms with Crippen molar-refractivity contribution >= 4 is 33.5 Å². The Bertz CT molecular complexity index is 1170. The SMILES string of the molecule is C=C(C)C(=O)Oc1c2ccccc2c(OC(=O)C(=C)C)c2c(OCCC)cccc12. The second-order valence-electron chi connectivity index (χ2n) is 7.07. The summed E-state index contributed by atoms with van der Waals surface area (Å²) >= 11 is 0. The predicted octanol–water partition coefficient (Wildman–Crippen LogP) is 5.74. The van der Waals surface area contributed by atoms with Crippen molar-refractivity contribution in [3.05, 3.63) is 66.8 Å². The Morgan fingerprint density at radius 2 is 1.33 bits per heavy atom. The van der Waals surface area contributed by atoms with Gasteiger partial charge in [0.1, 0.15) is 11.5 Å². The molecule has 30 heavy (non-hydrogen) atoms. The molecular formula is C25H24O5. The largest absolute Gasteiger partial charge is 0.493 e. The van der Waals surface area contributed by atoms with E-state index in [1.165, 1.54) is 0 Å². The monoisotopic (exact) mass is 404 g/mol. The summed E-state index contributed by atoms with van der Waals surface area (Å²) in [6.45, 7) is 13.0. The van der Waals surface area contributed by atoms with Crippen LogP contribution in [0.2, 0.25) is 0 Å². The molecule has 3 aromatic carbocycles. The Balaban J connectivity index is 2.41. The van der Waals surface area contributed by atoms with Gasteiger partial charge in [-0.2, -0.15) is 0 Å². The van der Waals surface area contributed by atoms with E-state index in [-0.39, 0.29) is 11.1 Å². The van der Waals surface area contributed by atoms with Crippen molar-refractivity contribution in [2.24, 2.45) is 0 Å². The normalized spacial score (nSPS) is 10.6. The number of hydrogen-bond donors (Lipinski definition) is 0. The number of hydrogen-bond acceptors (Lipinski definition) is 5. The van der Waals surface area contributed by atoms with Gasteiger partial charge in [-0.1, -0.05) is 56.5 Å². The molecule has 0 fully saturated rings. The molecular weight excluding hydrogens is 380 g/mol. The molecule has 0 saturated carbocycles. The summed E-state index contributed by atoms with van der Waals surface area (Å²) in [7, 11) is 0. The fourth-order valence-electron chi connectivity index (χ4n) is 3.02. The van der Waals surface area contributed by atoms with Crippen LogP contribution in [0.1, 0.15) is 27.2 Å². The highest BCUT2D eigenvalue weighted by Crippen LogP contribution is 2.46. The van der Waals surface area contributed by atoms with Crippen LogP contribution in [0.15, 0.2) is 66.8 Å². The van der Waals surface area contributed by atoms with Crippen LogP contribution in [-0.4, -0.2) is 18.5 Å². The van der Waals surface area contributed by atoms with Crippen LogP contribution in [-0.2, 0) is 9.59 Å². The third-order valence-electron chi connectivity index (χ3n) is 4.46. The van der Waals surface area contributed by atoms with E-state index in [2.05, 4.69) is 13.2 Å². The molecule has 3 rings (SSSR count). The van der Waals surface area contributed by atoms with E-state index in [1.807, 2.05) is 37.3 Å². The van der Waals surface area contributed by atoms with Crippen molar-refractivity contribution in [1.82, 2.24) is 0 Å². The van der Waals surface area contributed by atoms with Crippen LogP contribution >= 0.6 is 0 Å². The lowest BCUT2D eigenvalue weighted by Crippen LogP contribution is -2.11. The lowest BCUT2D eigenvalue weighted by atomic mass is 9.99. The lowest BCUT2D eigenvalue weighted by molar-refractivity contribution is -0.130. The standard InChI is InChI=1S/C25H24O5/c1-6-14-28-20-13-9-12-19-21(20)23(30-25(27)16(4)5)18-11-8-7-10-17(18)22(19)29-24(26)15(2)3/h7-13H,2,4,6,14H2,1,3,5H3. The predicted molar refractivity (Wildman–Crippen MR) is 118 cm³/mol. The van der Waals surface area contributed by atoms with Gasteiger partial charge >= 0.3 is 11.9 Å². The maximum atomic E-state index is 12.4. The second kappa shape index (κ2) is 8.82. The summed E-state index contributed by atoms with van der Waals surface area (Å²) in [5, 5.41) is 2.42. The average molecular weight is 404 g/mol. The Kier molecular flexibility index (Phi) is 6.21. The Morgan fingerprint density at radius 1 is 0.800 bits per heavy atom. The van der Waals surface area contributed by atoms with Gasteiger partial charge in [-0.15, -0.1) is 0 Å². The number of carbonyl (C=O) groups is 2. The van der Waals surface area contributed by atoms with Gasteiger partial charge in [0.25, 0.3) is 0 Å². The van der Waals surface area contributed by atoms with Gasteiger partial charge < -0.3 is 14.2 Å². The molecule has 0 aliphatic carbocycles. The van der Waals surface area contributed by atoms with Crippen LogP contribution in [0, 0.1) is 0 Å². The summed E-state index contributed by atoms with van der Waals surface area (Å²) in [4.78, 5) is 24.8. The maximum Gasteiger partial charge on any atom is 0.338 e. The zero-order valence-corrected chi connectivity index (χ0v) is 17.4. The van der Waals surface area contributed by atoms with Gasteiger partial charge in [-0.05, 0) is 26.3 Å². The van der Waals surface area contributed by atoms with Crippen molar-refractivity contribution in [2.45, 2.75) is 27.2 Å². The van der Waals surface area contributed by atoms with Crippen LogP contribution in [0.4, 0.5) is 0 Å². The summed E-state index contributed by atoms with van der Waals surface area (Å²) in [6, 6.07) is 12.7. The number of esters is 2. The fraction of sp³-hybridized carbons (Fsp3) is 0.200. The third kappa shape index (κ3) is 4.06. The fourth-order valence-corrected chi connectivity index (χ4v) is 3.02. The van der Waals surface area contributed by atoms with Gasteiger partial charge in [0.2, 0.25) is 0 Å². The summed E-state index contributed by atoms with van der Waals surface area (Å²) in [5.41, 5.74) is 0.556.